The van der Waals surface area contributed by atoms with Crippen molar-refractivity contribution in [1.82, 2.24) is 0 Å². The fourth-order valence-corrected chi connectivity index (χ4v) is 3.18. The van der Waals surface area contributed by atoms with E-state index in [0.717, 1.165) is 44.7 Å². The Balaban J connectivity index is 0.000000200. The molecule has 2 rings (SSSR count). The Kier molecular flexibility index (Phi) is 7.69. The minimum atomic E-state index is -0.0278. The molecule has 0 spiro atoms. The topological polar surface area (TPSA) is 34.1 Å². The molecule has 0 bridgehead atoms. The van der Waals surface area contributed by atoms with E-state index in [9.17, 15) is 9.59 Å². The number of carbonyl (C=O) groups is 2. The highest BCUT2D eigenvalue weighted by Crippen LogP contribution is 2.37. The maximum absolute atomic E-state index is 10.8. The van der Waals surface area contributed by atoms with E-state index in [1.54, 1.807) is 0 Å². The number of carbonyl (C=O) groups excluding carboxylic acids is 2. The Morgan fingerprint density at radius 3 is 1.95 bits per heavy atom. The van der Waals surface area contributed by atoms with Crippen molar-refractivity contribution < 1.29 is 9.59 Å². The summed E-state index contributed by atoms with van der Waals surface area (Å²) in [6, 6.07) is 0. The van der Waals surface area contributed by atoms with Crippen LogP contribution in [-0.4, -0.2) is 12.6 Å². The van der Waals surface area contributed by atoms with Crippen LogP contribution in [0.3, 0.4) is 0 Å². The third kappa shape index (κ3) is 5.71. The van der Waals surface area contributed by atoms with E-state index in [-0.39, 0.29) is 5.41 Å². The molecule has 0 radical (unpaired) electrons. The number of hydrogen-bond donors (Lipinski definition) is 0. The normalized spacial score (nSPS) is 22.7. The van der Waals surface area contributed by atoms with Crippen molar-refractivity contribution in [2.24, 2.45) is 11.3 Å². The first kappa shape index (κ1) is 16.1. The predicted octanol–water partition coefficient (Wildman–Crippen LogP) is 4.48. The van der Waals surface area contributed by atoms with Gasteiger partial charge in [0.1, 0.15) is 12.6 Å². The highest BCUT2D eigenvalue weighted by Gasteiger charge is 2.29. The maximum atomic E-state index is 10.8. The summed E-state index contributed by atoms with van der Waals surface area (Å²) in [5.74, 6) is 0.406. The van der Waals surface area contributed by atoms with Gasteiger partial charge in [-0.25, -0.2) is 0 Å². The van der Waals surface area contributed by atoms with Gasteiger partial charge in [0.05, 0.1) is 0 Å². The van der Waals surface area contributed by atoms with Crippen LogP contribution < -0.4 is 0 Å². The smallest absolute Gasteiger partial charge is 0.126 e. The largest absolute Gasteiger partial charge is 0.303 e. The molecule has 19 heavy (non-hydrogen) atoms. The monoisotopic (exact) mass is 264 g/mol. The summed E-state index contributed by atoms with van der Waals surface area (Å²) in [5, 5.41) is 0. The van der Waals surface area contributed by atoms with E-state index in [0.29, 0.717) is 5.92 Å². The first-order chi connectivity index (χ1) is 9.26. The predicted molar refractivity (Wildman–Crippen MR) is 79.0 cm³/mol. The lowest BCUT2D eigenvalue weighted by atomic mass is 9.73. The molecule has 2 nitrogen and oxygen atoms in total. The average Bonchev–Trinajstić information content (AvgIpc) is 2.50. The Morgan fingerprint density at radius 2 is 1.53 bits per heavy atom. The Hall–Kier alpha value is -0.920. The summed E-state index contributed by atoms with van der Waals surface area (Å²) in [6.07, 6.45) is 17.0. The number of aldehydes is 2. The molecule has 2 aliphatic rings. The van der Waals surface area contributed by atoms with Gasteiger partial charge >= 0.3 is 0 Å². The second kappa shape index (κ2) is 9.06. The second-order valence-corrected chi connectivity index (χ2v) is 6.07. The van der Waals surface area contributed by atoms with Crippen LogP contribution in [0.15, 0.2) is 12.7 Å². The van der Waals surface area contributed by atoms with E-state index >= 15 is 0 Å². The molecule has 2 heteroatoms. The minimum absolute atomic E-state index is 0.0278. The summed E-state index contributed by atoms with van der Waals surface area (Å²) in [4.78, 5) is 21.0. The van der Waals surface area contributed by atoms with Gasteiger partial charge in [-0.2, -0.15) is 0 Å². The highest BCUT2D eigenvalue weighted by atomic mass is 16.1. The van der Waals surface area contributed by atoms with Crippen molar-refractivity contribution in [2.75, 3.05) is 0 Å². The van der Waals surface area contributed by atoms with Gasteiger partial charge in [0.25, 0.3) is 0 Å². The van der Waals surface area contributed by atoms with Crippen molar-refractivity contribution >= 4 is 12.6 Å². The molecule has 108 valence electrons. The lowest BCUT2D eigenvalue weighted by Gasteiger charge is -2.30. The zero-order valence-corrected chi connectivity index (χ0v) is 12.1. The molecular weight excluding hydrogens is 236 g/mol. The quantitative estimate of drug-likeness (QED) is 0.554. The fourth-order valence-electron chi connectivity index (χ4n) is 3.18. The second-order valence-electron chi connectivity index (χ2n) is 6.07. The maximum Gasteiger partial charge on any atom is 0.126 e. The van der Waals surface area contributed by atoms with E-state index < -0.39 is 0 Å². The standard InChI is InChI=1S/C10H16O.C7H12O/c1-2-6-10(9-11)7-4-3-5-8-10;8-6-7-4-2-1-3-5-7/h2,9H,1,3-8H2;6-7H,1-5H2. The molecule has 0 aromatic rings. The first-order valence-corrected chi connectivity index (χ1v) is 7.79. The van der Waals surface area contributed by atoms with Gasteiger partial charge in [0.2, 0.25) is 0 Å². The van der Waals surface area contributed by atoms with Gasteiger partial charge in [0.15, 0.2) is 0 Å². The summed E-state index contributed by atoms with van der Waals surface area (Å²) < 4.78 is 0. The summed E-state index contributed by atoms with van der Waals surface area (Å²) in [5.41, 5.74) is -0.0278. The summed E-state index contributed by atoms with van der Waals surface area (Å²) in [7, 11) is 0. The van der Waals surface area contributed by atoms with Crippen molar-refractivity contribution in [2.45, 2.75) is 70.6 Å². The molecule has 0 heterocycles. The fraction of sp³-hybridized carbons (Fsp3) is 0.765. The van der Waals surface area contributed by atoms with Gasteiger partial charge in [0, 0.05) is 11.3 Å². The summed E-state index contributed by atoms with van der Waals surface area (Å²) >= 11 is 0. The van der Waals surface area contributed by atoms with Crippen molar-refractivity contribution in [3.8, 4) is 0 Å². The van der Waals surface area contributed by atoms with Crippen molar-refractivity contribution in [1.29, 1.82) is 0 Å². The highest BCUT2D eigenvalue weighted by molar-refractivity contribution is 5.59. The van der Waals surface area contributed by atoms with Crippen LogP contribution in [0.5, 0.6) is 0 Å². The van der Waals surface area contributed by atoms with Gasteiger partial charge in [-0.3, -0.25) is 0 Å². The lowest BCUT2D eigenvalue weighted by molar-refractivity contribution is -0.117. The van der Waals surface area contributed by atoms with Crippen LogP contribution in [0.1, 0.15) is 70.6 Å². The zero-order valence-electron chi connectivity index (χ0n) is 12.1. The molecule has 2 saturated carbocycles. The molecule has 0 aromatic heterocycles. The van der Waals surface area contributed by atoms with E-state index in [1.165, 1.54) is 38.5 Å². The third-order valence-electron chi connectivity index (χ3n) is 4.49. The number of hydrogen-bond acceptors (Lipinski definition) is 2. The van der Waals surface area contributed by atoms with Gasteiger partial charge in [-0.05, 0) is 32.1 Å². The van der Waals surface area contributed by atoms with Gasteiger partial charge < -0.3 is 9.59 Å². The Bertz CT molecular complexity index is 271. The van der Waals surface area contributed by atoms with Crippen LogP contribution >= 0.6 is 0 Å². The van der Waals surface area contributed by atoms with Gasteiger partial charge in [-0.1, -0.05) is 44.6 Å². The molecule has 0 atom stereocenters. The number of rotatable bonds is 4. The molecular formula is C17H28O2. The lowest BCUT2D eigenvalue weighted by Crippen LogP contribution is -2.24. The van der Waals surface area contributed by atoms with Crippen LogP contribution in [0.25, 0.3) is 0 Å². The van der Waals surface area contributed by atoms with Crippen LogP contribution in [0.2, 0.25) is 0 Å². The number of allylic oxidation sites excluding steroid dienone is 1. The molecule has 0 aliphatic heterocycles. The van der Waals surface area contributed by atoms with Gasteiger partial charge in [-0.15, -0.1) is 6.58 Å². The first-order valence-electron chi connectivity index (χ1n) is 7.79. The van der Waals surface area contributed by atoms with Crippen molar-refractivity contribution in [3.05, 3.63) is 12.7 Å². The van der Waals surface area contributed by atoms with E-state index in [1.807, 2.05) is 6.08 Å². The third-order valence-corrected chi connectivity index (χ3v) is 4.49. The Morgan fingerprint density at radius 1 is 0.947 bits per heavy atom. The van der Waals surface area contributed by atoms with E-state index in [4.69, 9.17) is 0 Å². The summed E-state index contributed by atoms with van der Waals surface area (Å²) in [6.45, 7) is 3.69. The van der Waals surface area contributed by atoms with Crippen LogP contribution in [-0.2, 0) is 9.59 Å². The molecule has 0 unspecified atom stereocenters. The molecule has 0 aromatic carbocycles. The Labute approximate surface area is 117 Å². The van der Waals surface area contributed by atoms with Crippen LogP contribution in [0, 0.1) is 11.3 Å². The molecule has 0 N–H and O–H groups in total. The minimum Gasteiger partial charge on any atom is -0.303 e. The van der Waals surface area contributed by atoms with Crippen molar-refractivity contribution in [3.63, 3.8) is 0 Å². The molecule has 2 aliphatic carbocycles. The molecule has 2 fully saturated rings. The molecule has 0 saturated heterocycles. The van der Waals surface area contributed by atoms with Crippen LogP contribution in [0.4, 0.5) is 0 Å². The van der Waals surface area contributed by atoms with E-state index in [2.05, 4.69) is 6.58 Å². The zero-order chi connectivity index (χ0) is 14.0. The SMILES string of the molecule is C=CCC1(C=O)CCCCC1.O=CC1CCCCC1. The molecule has 0 amide bonds. The average molecular weight is 264 g/mol.